The van der Waals surface area contributed by atoms with Gasteiger partial charge in [-0.2, -0.15) is 4.98 Å². The lowest BCUT2D eigenvalue weighted by Crippen LogP contribution is -2.28. The van der Waals surface area contributed by atoms with Crippen molar-refractivity contribution in [1.29, 1.82) is 0 Å². The van der Waals surface area contributed by atoms with Crippen LogP contribution >= 0.6 is 11.6 Å². The zero-order chi connectivity index (χ0) is 19.0. The number of nitrogens with one attached hydrogen (secondary N) is 1. The van der Waals surface area contributed by atoms with Crippen LogP contribution in [0.4, 0.5) is 0 Å². The van der Waals surface area contributed by atoms with Gasteiger partial charge in [-0.15, -0.1) is 0 Å². The molecular formula is C20H26ClN3O3. The monoisotopic (exact) mass is 391 g/mol. The average Bonchev–Trinajstić information content (AvgIpc) is 3.32. The highest BCUT2D eigenvalue weighted by Crippen LogP contribution is 2.53. The Morgan fingerprint density at radius 2 is 2.04 bits per heavy atom. The van der Waals surface area contributed by atoms with Crippen molar-refractivity contribution < 1.29 is 14.0 Å². The summed E-state index contributed by atoms with van der Waals surface area (Å²) >= 11 is 6.42. The molecule has 1 aliphatic carbocycles. The van der Waals surface area contributed by atoms with E-state index in [0.717, 1.165) is 36.9 Å². The van der Waals surface area contributed by atoms with Crippen molar-refractivity contribution in [3.63, 3.8) is 0 Å². The van der Waals surface area contributed by atoms with Crippen molar-refractivity contribution >= 4 is 11.6 Å². The summed E-state index contributed by atoms with van der Waals surface area (Å²) in [7, 11) is 1.60. The topological polar surface area (TPSA) is 69.4 Å². The predicted octanol–water partition coefficient (Wildman–Crippen LogP) is 4.29. The van der Waals surface area contributed by atoms with E-state index in [9.17, 15) is 0 Å². The number of halogens is 1. The fourth-order valence-electron chi connectivity index (χ4n) is 3.99. The van der Waals surface area contributed by atoms with Crippen LogP contribution in [0.3, 0.4) is 0 Å². The number of nitrogens with zero attached hydrogens (tertiary/aromatic N) is 2. The standard InChI is InChI=1S/C20H26ClN3O3/c1-11(2)26-18-16(21)8-13(9-17(18)25-3)19-23-20(27-24-19)15-10-14(15)12-4-6-22-7-5-12/h8-9,11-12,14-15,22H,4-7,10H2,1-3H3/t14-,15+/m0/s1. The molecule has 1 N–H and O–H groups in total. The third-order valence-electron chi connectivity index (χ3n) is 5.43. The minimum Gasteiger partial charge on any atom is -0.493 e. The number of ether oxygens (including phenoxy) is 2. The summed E-state index contributed by atoms with van der Waals surface area (Å²) in [5, 5.41) is 8.08. The van der Waals surface area contributed by atoms with E-state index in [0.29, 0.717) is 34.2 Å². The normalized spacial score (nSPS) is 22.9. The lowest BCUT2D eigenvalue weighted by molar-refractivity contribution is 0.230. The van der Waals surface area contributed by atoms with Crippen molar-refractivity contribution in [1.82, 2.24) is 15.5 Å². The number of piperidine rings is 1. The number of hydrogen-bond donors (Lipinski definition) is 1. The maximum atomic E-state index is 6.42. The summed E-state index contributed by atoms with van der Waals surface area (Å²) in [5.74, 6) is 4.24. The second kappa shape index (κ2) is 7.68. The molecule has 0 radical (unpaired) electrons. The third-order valence-corrected chi connectivity index (χ3v) is 5.71. The third kappa shape index (κ3) is 3.92. The van der Waals surface area contributed by atoms with E-state index in [1.165, 1.54) is 12.8 Å². The van der Waals surface area contributed by atoms with E-state index in [2.05, 4.69) is 15.5 Å². The molecule has 4 rings (SSSR count). The van der Waals surface area contributed by atoms with E-state index >= 15 is 0 Å². The van der Waals surface area contributed by atoms with E-state index in [1.807, 2.05) is 19.9 Å². The van der Waals surface area contributed by atoms with Gasteiger partial charge in [-0.1, -0.05) is 16.8 Å². The maximum absolute atomic E-state index is 6.42. The van der Waals surface area contributed by atoms with Crippen LogP contribution in [0.1, 0.15) is 44.9 Å². The number of rotatable bonds is 6. The minimum atomic E-state index is 0.000755. The lowest BCUT2D eigenvalue weighted by atomic mass is 9.92. The molecule has 1 aromatic heterocycles. The fourth-order valence-corrected chi connectivity index (χ4v) is 4.25. The minimum absolute atomic E-state index is 0.000755. The molecule has 2 fully saturated rings. The van der Waals surface area contributed by atoms with Crippen molar-refractivity contribution in [2.75, 3.05) is 20.2 Å². The van der Waals surface area contributed by atoms with Crippen molar-refractivity contribution in [3.05, 3.63) is 23.0 Å². The number of aromatic nitrogens is 2. The second-order valence-electron chi connectivity index (χ2n) is 7.71. The van der Waals surface area contributed by atoms with Crippen LogP contribution in [0.5, 0.6) is 11.5 Å². The van der Waals surface area contributed by atoms with Gasteiger partial charge in [0.15, 0.2) is 11.5 Å². The first kappa shape index (κ1) is 18.6. The SMILES string of the molecule is COc1cc(-c2noc([C@@H]3C[C@H]3C3CCNCC3)n2)cc(Cl)c1OC(C)C. The van der Waals surface area contributed by atoms with E-state index in [1.54, 1.807) is 13.2 Å². The summed E-state index contributed by atoms with van der Waals surface area (Å²) in [6.45, 7) is 6.13. The second-order valence-corrected chi connectivity index (χ2v) is 8.11. The first-order valence-corrected chi connectivity index (χ1v) is 10.0. The molecule has 2 atom stereocenters. The average molecular weight is 392 g/mol. The molecule has 1 saturated carbocycles. The smallest absolute Gasteiger partial charge is 0.230 e. The van der Waals surface area contributed by atoms with Crippen LogP contribution < -0.4 is 14.8 Å². The Labute approximate surface area is 164 Å². The van der Waals surface area contributed by atoms with E-state index in [4.69, 9.17) is 25.6 Å². The Bertz CT molecular complexity index is 802. The lowest BCUT2D eigenvalue weighted by Gasteiger charge is -2.22. The molecule has 0 bridgehead atoms. The summed E-state index contributed by atoms with van der Waals surface area (Å²) < 4.78 is 16.8. The van der Waals surface area contributed by atoms with Crippen LogP contribution in [-0.4, -0.2) is 36.4 Å². The van der Waals surface area contributed by atoms with Gasteiger partial charge in [-0.3, -0.25) is 0 Å². The van der Waals surface area contributed by atoms with E-state index in [-0.39, 0.29) is 6.10 Å². The van der Waals surface area contributed by atoms with Gasteiger partial charge >= 0.3 is 0 Å². The van der Waals surface area contributed by atoms with Crippen LogP contribution in [0.2, 0.25) is 5.02 Å². The number of benzene rings is 1. The zero-order valence-electron chi connectivity index (χ0n) is 16.0. The number of hydrogen-bond acceptors (Lipinski definition) is 6. The molecule has 2 aromatic rings. The van der Waals surface area contributed by atoms with Crippen molar-refractivity contribution in [3.8, 4) is 22.9 Å². The molecule has 7 heteroatoms. The van der Waals surface area contributed by atoms with Crippen LogP contribution in [-0.2, 0) is 0 Å². The van der Waals surface area contributed by atoms with Gasteiger partial charge in [-0.25, -0.2) is 0 Å². The molecule has 0 unspecified atom stereocenters. The molecular weight excluding hydrogens is 366 g/mol. The quantitative estimate of drug-likeness (QED) is 0.792. The highest BCUT2D eigenvalue weighted by Gasteiger charge is 2.47. The number of methoxy groups -OCH3 is 1. The van der Waals surface area contributed by atoms with E-state index < -0.39 is 0 Å². The Kier molecular flexibility index (Phi) is 5.28. The van der Waals surface area contributed by atoms with Crippen LogP contribution in [0, 0.1) is 11.8 Å². The molecule has 0 amide bonds. The summed E-state index contributed by atoms with van der Waals surface area (Å²) in [4.78, 5) is 4.65. The van der Waals surface area contributed by atoms with Gasteiger partial charge in [0.2, 0.25) is 11.7 Å². The predicted molar refractivity (Wildman–Crippen MR) is 104 cm³/mol. The summed E-state index contributed by atoms with van der Waals surface area (Å²) in [5.41, 5.74) is 0.766. The zero-order valence-corrected chi connectivity index (χ0v) is 16.8. The molecule has 6 nitrogen and oxygen atoms in total. The summed E-state index contributed by atoms with van der Waals surface area (Å²) in [6.07, 6.45) is 3.64. The van der Waals surface area contributed by atoms with Gasteiger partial charge in [-0.05, 0) is 70.2 Å². The van der Waals surface area contributed by atoms with Gasteiger partial charge in [0.1, 0.15) is 0 Å². The molecule has 2 aliphatic rings. The Morgan fingerprint density at radius 3 is 2.74 bits per heavy atom. The van der Waals surface area contributed by atoms with Gasteiger partial charge < -0.3 is 19.3 Å². The van der Waals surface area contributed by atoms with Crippen molar-refractivity contribution in [2.24, 2.45) is 11.8 Å². The molecule has 27 heavy (non-hydrogen) atoms. The molecule has 2 heterocycles. The maximum Gasteiger partial charge on any atom is 0.230 e. The van der Waals surface area contributed by atoms with Gasteiger partial charge in [0, 0.05) is 11.5 Å². The fraction of sp³-hybridized carbons (Fsp3) is 0.600. The van der Waals surface area contributed by atoms with Crippen molar-refractivity contribution in [2.45, 2.75) is 45.1 Å². The highest BCUT2D eigenvalue weighted by molar-refractivity contribution is 6.32. The van der Waals surface area contributed by atoms with Gasteiger partial charge in [0.25, 0.3) is 0 Å². The Balaban J connectivity index is 1.52. The highest BCUT2D eigenvalue weighted by atomic mass is 35.5. The summed E-state index contributed by atoms with van der Waals surface area (Å²) in [6, 6.07) is 3.64. The Hall–Kier alpha value is -1.79. The Morgan fingerprint density at radius 1 is 1.26 bits per heavy atom. The molecule has 1 aromatic carbocycles. The van der Waals surface area contributed by atoms with Gasteiger partial charge in [0.05, 0.1) is 18.2 Å². The first-order valence-electron chi connectivity index (χ1n) is 9.65. The van der Waals surface area contributed by atoms with Crippen LogP contribution in [0.15, 0.2) is 16.7 Å². The molecule has 146 valence electrons. The molecule has 1 aliphatic heterocycles. The van der Waals surface area contributed by atoms with Crippen LogP contribution in [0.25, 0.3) is 11.4 Å². The molecule has 1 saturated heterocycles. The molecule has 0 spiro atoms. The first-order chi connectivity index (χ1) is 13.1. The largest absolute Gasteiger partial charge is 0.493 e.